The van der Waals surface area contributed by atoms with Gasteiger partial charge in [-0.2, -0.15) is 0 Å². The van der Waals surface area contributed by atoms with Gasteiger partial charge in [-0.15, -0.1) is 0 Å². The number of aryl methyl sites for hydroxylation is 1. The molecule has 0 heterocycles. The van der Waals surface area contributed by atoms with Gasteiger partial charge in [0.15, 0.2) is 0 Å². The summed E-state index contributed by atoms with van der Waals surface area (Å²) >= 11 is 0. The zero-order valence-electron chi connectivity index (χ0n) is 14.6. The molecule has 0 bridgehead atoms. The molecule has 0 radical (unpaired) electrons. The van der Waals surface area contributed by atoms with Crippen LogP contribution in [0.4, 0.5) is 0 Å². The molecule has 1 N–H and O–H groups in total. The van der Waals surface area contributed by atoms with E-state index < -0.39 is 0 Å². The van der Waals surface area contributed by atoms with Gasteiger partial charge < -0.3 is 14.8 Å². The molecule has 128 valence electrons. The summed E-state index contributed by atoms with van der Waals surface area (Å²) in [6, 6.07) is 13.6. The van der Waals surface area contributed by atoms with Gasteiger partial charge >= 0.3 is 0 Å². The maximum absolute atomic E-state index is 12.4. The normalized spacial score (nSPS) is 10.5. The molecule has 0 saturated carbocycles. The summed E-state index contributed by atoms with van der Waals surface area (Å²) < 4.78 is 11.1. The second-order valence-electron chi connectivity index (χ2n) is 5.56. The molecule has 0 aliphatic carbocycles. The molecule has 0 fully saturated rings. The van der Waals surface area contributed by atoms with Crippen molar-refractivity contribution >= 4 is 5.91 Å². The van der Waals surface area contributed by atoms with Gasteiger partial charge in [0.1, 0.15) is 5.75 Å². The number of hydrogen-bond donors (Lipinski definition) is 1. The monoisotopic (exact) mass is 327 g/mol. The van der Waals surface area contributed by atoms with Crippen molar-refractivity contribution in [3.05, 3.63) is 64.7 Å². The minimum absolute atomic E-state index is 0.101. The van der Waals surface area contributed by atoms with Gasteiger partial charge in [-0.3, -0.25) is 4.79 Å². The minimum Gasteiger partial charge on any atom is -0.494 e. The summed E-state index contributed by atoms with van der Waals surface area (Å²) in [6.07, 6.45) is 0. The van der Waals surface area contributed by atoms with Gasteiger partial charge in [0.05, 0.1) is 13.2 Å². The molecule has 4 nitrogen and oxygen atoms in total. The summed E-state index contributed by atoms with van der Waals surface area (Å²) in [5, 5.41) is 2.95. The van der Waals surface area contributed by atoms with Crippen molar-refractivity contribution in [3.63, 3.8) is 0 Å². The van der Waals surface area contributed by atoms with E-state index in [0.717, 1.165) is 16.9 Å². The van der Waals surface area contributed by atoms with Gasteiger partial charge in [0.2, 0.25) is 0 Å². The highest BCUT2D eigenvalue weighted by atomic mass is 16.5. The third-order valence-electron chi connectivity index (χ3n) is 3.66. The molecule has 2 aromatic rings. The molecule has 24 heavy (non-hydrogen) atoms. The van der Waals surface area contributed by atoms with E-state index in [1.54, 1.807) is 6.07 Å². The molecule has 0 atom stereocenters. The summed E-state index contributed by atoms with van der Waals surface area (Å²) in [5.41, 5.74) is 3.79. The number of nitrogens with one attached hydrogen (secondary N) is 1. The fraction of sp³-hybridized carbons (Fsp3) is 0.350. The molecule has 0 aromatic heterocycles. The van der Waals surface area contributed by atoms with Gasteiger partial charge in [-0.1, -0.05) is 29.8 Å². The number of ether oxygens (including phenoxy) is 2. The maximum atomic E-state index is 12.4. The van der Waals surface area contributed by atoms with Crippen LogP contribution in [0.3, 0.4) is 0 Å². The topological polar surface area (TPSA) is 47.6 Å². The van der Waals surface area contributed by atoms with Crippen LogP contribution < -0.4 is 10.1 Å². The van der Waals surface area contributed by atoms with E-state index in [2.05, 4.69) is 5.32 Å². The molecule has 0 aliphatic rings. The molecule has 4 heteroatoms. The number of hydrogen-bond acceptors (Lipinski definition) is 3. The number of benzene rings is 2. The third-order valence-corrected chi connectivity index (χ3v) is 3.66. The van der Waals surface area contributed by atoms with Gasteiger partial charge in [-0.05, 0) is 44.5 Å². The van der Waals surface area contributed by atoms with E-state index in [1.807, 2.05) is 57.2 Å². The standard InChI is InChI=1S/C20H25NO3/c1-4-23-14-18-12-17(10-11-19(18)24-5-2)20(22)21-13-16-8-6-15(3)7-9-16/h6-12H,4-5,13-14H2,1-3H3,(H,21,22). The lowest BCUT2D eigenvalue weighted by molar-refractivity contribution is 0.0950. The van der Waals surface area contributed by atoms with Crippen LogP contribution in [0.25, 0.3) is 0 Å². The van der Waals surface area contributed by atoms with Crippen LogP contribution in [0.2, 0.25) is 0 Å². The average Bonchev–Trinajstić information content (AvgIpc) is 2.60. The lowest BCUT2D eigenvalue weighted by Gasteiger charge is -2.12. The number of rotatable bonds is 8. The summed E-state index contributed by atoms with van der Waals surface area (Å²) in [5.74, 6) is 0.664. The molecule has 0 spiro atoms. The predicted octanol–water partition coefficient (Wildman–Crippen LogP) is 3.86. The van der Waals surface area contributed by atoms with Crippen LogP contribution in [0.15, 0.2) is 42.5 Å². The van der Waals surface area contributed by atoms with Gasteiger partial charge in [0, 0.05) is 24.3 Å². The largest absolute Gasteiger partial charge is 0.494 e. The lowest BCUT2D eigenvalue weighted by Crippen LogP contribution is -2.23. The Kier molecular flexibility index (Phi) is 6.82. The zero-order valence-corrected chi connectivity index (χ0v) is 14.6. The predicted molar refractivity (Wildman–Crippen MR) is 95.3 cm³/mol. The Hall–Kier alpha value is -2.33. The van der Waals surface area contributed by atoms with Crippen molar-refractivity contribution in [1.29, 1.82) is 0 Å². The fourth-order valence-corrected chi connectivity index (χ4v) is 2.33. The average molecular weight is 327 g/mol. The van der Waals surface area contributed by atoms with Crippen LogP contribution in [-0.2, 0) is 17.9 Å². The highest BCUT2D eigenvalue weighted by Gasteiger charge is 2.10. The van der Waals surface area contributed by atoms with E-state index in [4.69, 9.17) is 9.47 Å². The quantitative estimate of drug-likeness (QED) is 0.801. The maximum Gasteiger partial charge on any atom is 0.251 e. The Morgan fingerprint density at radius 2 is 1.79 bits per heavy atom. The third kappa shape index (κ3) is 5.10. The Bertz CT molecular complexity index is 665. The van der Waals surface area contributed by atoms with Crippen LogP contribution in [-0.4, -0.2) is 19.1 Å². The lowest BCUT2D eigenvalue weighted by atomic mass is 10.1. The van der Waals surface area contributed by atoms with E-state index >= 15 is 0 Å². The molecular weight excluding hydrogens is 302 g/mol. The Labute approximate surface area is 143 Å². The van der Waals surface area contributed by atoms with E-state index in [9.17, 15) is 4.79 Å². The first-order valence-electron chi connectivity index (χ1n) is 8.31. The summed E-state index contributed by atoms with van der Waals surface area (Å²) in [6.45, 7) is 8.07. The molecule has 0 unspecified atom stereocenters. The highest BCUT2D eigenvalue weighted by molar-refractivity contribution is 5.94. The Morgan fingerprint density at radius 1 is 1.04 bits per heavy atom. The van der Waals surface area contributed by atoms with Crippen molar-refractivity contribution in [2.24, 2.45) is 0 Å². The second-order valence-corrected chi connectivity index (χ2v) is 5.56. The Morgan fingerprint density at radius 3 is 2.46 bits per heavy atom. The summed E-state index contributed by atoms with van der Waals surface area (Å²) in [4.78, 5) is 12.4. The van der Waals surface area contributed by atoms with Crippen LogP contribution in [0.1, 0.15) is 40.9 Å². The van der Waals surface area contributed by atoms with E-state index in [1.165, 1.54) is 5.56 Å². The van der Waals surface area contributed by atoms with Gasteiger partial charge in [0.25, 0.3) is 5.91 Å². The first-order chi connectivity index (χ1) is 11.6. The number of carbonyl (C=O) groups excluding carboxylic acids is 1. The smallest absolute Gasteiger partial charge is 0.251 e. The molecule has 1 amide bonds. The van der Waals surface area contributed by atoms with Crippen molar-refractivity contribution in [3.8, 4) is 5.75 Å². The van der Waals surface area contributed by atoms with E-state index in [-0.39, 0.29) is 5.91 Å². The van der Waals surface area contributed by atoms with Gasteiger partial charge in [-0.25, -0.2) is 0 Å². The molecular formula is C20H25NO3. The molecule has 2 aromatic carbocycles. The minimum atomic E-state index is -0.101. The zero-order chi connectivity index (χ0) is 17.4. The van der Waals surface area contributed by atoms with Crippen LogP contribution >= 0.6 is 0 Å². The van der Waals surface area contributed by atoms with Crippen molar-refractivity contribution in [2.75, 3.05) is 13.2 Å². The molecule has 0 saturated heterocycles. The SMILES string of the molecule is CCOCc1cc(C(=O)NCc2ccc(C)cc2)ccc1OCC. The second kappa shape index (κ2) is 9.08. The fourth-order valence-electron chi connectivity index (χ4n) is 2.33. The van der Waals surface area contributed by atoms with E-state index in [0.29, 0.717) is 31.9 Å². The van der Waals surface area contributed by atoms with Crippen molar-refractivity contribution < 1.29 is 14.3 Å². The van der Waals surface area contributed by atoms with Crippen LogP contribution in [0.5, 0.6) is 5.75 Å². The molecule has 2 rings (SSSR count). The first-order valence-corrected chi connectivity index (χ1v) is 8.31. The summed E-state index contributed by atoms with van der Waals surface area (Å²) in [7, 11) is 0. The number of carbonyl (C=O) groups is 1. The van der Waals surface area contributed by atoms with Crippen molar-refractivity contribution in [2.45, 2.75) is 33.9 Å². The first kappa shape index (κ1) is 18.0. The van der Waals surface area contributed by atoms with Crippen LogP contribution in [0, 0.1) is 6.92 Å². The highest BCUT2D eigenvalue weighted by Crippen LogP contribution is 2.21. The number of amides is 1. The Balaban J connectivity index is 2.06. The molecule has 0 aliphatic heterocycles. The van der Waals surface area contributed by atoms with Crippen molar-refractivity contribution in [1.82, 2.24) is 5.32 Å².